The Morgan fingerprint density at radius 3 is 1.51 bits per heavy atom. The van der Waals surface area contributed by atoms with Gasteiger partial charge in [-0.1, -0.05) is 26.7 Å². The number of hydrogen-bond donors (Lipinski definition) is 1. The number of nitrogens with zero attached hydrogens (tertiary/aromatic N) is 2. The first-order chi connectivity index (χ1) is 18.7. The molecule has 15 heteroatoms. The Hall–Kier alpha value is -2.57. The molecule has 0 aromatic rings. The van der Waals surface area contributed by atoms with Crippen molar-refractivity contribution in [3.8, 4) is 0 Å². The van der Waals surface area contributed by atoms with Gasteiger partial charge in [-0.2, -0.15) is 0 Å². The van der Waals surface area contributed by atoms with Crippen LogP contribution in [0.15, 0.2) is 4.76 Å². The predicted octanol–water partition coefficient (Wildman–Crippen LogP) is 4.40. The number of esters is 1. The van der Waals surface area contributed by atoms with Crippen LogP contribution in [0.3, 0.4) is 0 Å². The standard InChI is InChI=1S/C24H46N3O11P/c1-5-8-14-33-23(29)35-16-10-12-18-37-39(31,26-22(25)27(4)20-21(28)32-7-3)38-19-13-11-17-36-24(30)34-15-9-6-2/h5-20H2,1-4H3,(H2,25,26,31). The van der Waals surface area contributed by atoms with Crippen molar-refractivity contribution in [1.29, 1.82) is 0 Å². The molecule has 0 spiro atoms. The number of guanidine groups is 1. The molecule has 0 aromatic carbocycles. The van der Waals surface area contributed by atoms with Gasteiger partial charge in [-0.15, -0.1) is 4.76 Å². The molecule has 0 bridgehead atoms. The summed E-state index contributed by atoms with van der Waals surface area (Å²) >= 11 is 0. The van der Waals surface area contributed by atoms with E-state index in [1.54, 1.807) is 6.92 Å². The summed E-state index contributed by atoms with van der Waals surface area (Å²) < 4.78 is 52.6. The maximum absolute atomic E-state index is 13.2. The highest BCUT2D eigenvalue weighted by Gasteiger charge is 2.26. The van der Waals surface area contributed by atoms with E-state index < -0.39 is 26.0 Å². The molecule has 39 heavy (non-hydrogen) atoms. The molecule has 0 aliphatic rings. The van der Waals surface area contributed by atoms with E-state index in [0.717, 1.165) is 25.7 Å². The third-order valence-corrected chi connectivity index (χ3v) is 6.22. The molecule has 0 amide bonds. The van der Waals surface area contributed by atoms with E-state index in [-0.39, 0.29) is 45.5 Å². The number of unbranched alkanes of at least 4 members (excludes halogenated alkanes) is 4. The Bertz CT molecular complexity index is 730. The monoisotopic (exact) mass is 583 g/mol. The van der Waals surface area contributed by atoms with Crippen molar-refractivity contribution < 1.29 is 51.7 Å². The molecule has 0 aromatic heterocycles. The molecule has 228 valence electrons. The number of ether oxygens (including phenoxy) is 5. The average Bonchev–Trinajstić information content (AvgIpc) is 2.88. The number of carbonyl (C=O) groups is 3. The van der Waals surface area contributed by atoms with Crippen LogP contribution in [0.5, 0.6) is 0 Å². The molecule has 0 atom stereocenters. The van der Waals surface area contributed by atoms with Crippen LogP contribution in [0, 0.1) is 0 Å². The lowest BCUT2D eigenvalue weighted by atomic mass is 10.3. The van der Waals surface area contributed by atoms with Crippen LogP contribution in [0.4, 0.5) is 9.59 Å². The van der Waals surface area contributed by atoms with Crippen molar-refractivity contribution in [2.75, 3.05) is 59.8 Å². The van der Waals surface area contributed by atoms with E-state index >= 15 is 0 Å². The zero-order valence-electron chi connectivity index (χ0n) is 23.7. The Balaban J connectivity index is 4.72. The fraction of sp³-hybridized carbons (Fsp3) is 0.833. The SMILES string of the molecule is CCCCOC(=O)OCCCCOP(=O)(N=C(N)N(C)CC(=O)OCC)OCCCCOC(=O)OCCCC. The average molecular weight is 584 g/mol. The first-order valence-electron chi connectivity index (χ1n) is 13.4. The lowest BCUT2D eigenvalue weighted by molar-refractivity contribution is -0.143. The molecule has 2 N–H and O–H groups in total. The fourth-order valence-corrected chi connectivity index (χ4v) is 3.85. The summed E-state index contributed by atoms with van der Waals surface area (Å²) in [5, 5.41) is 0. The third-order valence-electron chi connectivity index (χ3n) is 4.75. The van der Waals surface area contributed by atoms with Crippen molar-refractivity contribution >= 4 is 32.0 Å². The first kappa shape index (κ1) is 36.4. The van der Waals surface area contributed by atoms with Gasteiger partial charge >= 0.3 is 26.0 Å². The smallest absolute Gasteiger partial charge is 0.465 e. The lowest BCUT2D eigenvalue weighted by Gasteiger charge is -2.20. The fourth-order valence-electron chi connectivity index (χ4n) is 2.54. The highest BCUT2D eigenvalue weighted by molar-refractivity contribution is 7.52. The van der Waals surface area contributed by atoms with Gasteiger partial charge in [-0.05, 0) is 45.4 Å². The third kappa shape index (κ3) is 21.0. The zero-order valence-corrected chi connectivity index (χ0v) is 24.6. The van der Waals surface area contributed by atoms with Crippen LogP contribution in [-0.4, -0.2) is 89.0 Å². The highest BCUT2D eigenvalue weighted by atomic mass is 31.2. The van der Waals surface area contributed by atoms with E-state index in [9.17, 15) is 18.9 Å². The van der Waals surface area contributed by atoms with Gasteiger partial charge in [0, 0.05) is 7.05 Å². The van der Waals surface area contributed by atoms with Crippen LogP contribution in [-0.2, 0) is 42.1 Å². The summed E-state index contributed by atoms with van der Waals surface area (Å²) in [4.78, 5) is 35.9. The molecule has 0 saturated heterocycles. The number of carbonyl (C=O) groups excluding carboxylic acids is 3. The van der Waals surface area contributed by atoms with Gasteiger partial charge in [0.15, 0.2) is 0 Å². The van der Waals surface area contributed by atoms with Crippen LogP contribution >= 0.6 is 7.75 Å². The normalized spacial score (nSPS) is 11.5. The van der Waals surface area contributed by atoms with Gasteiger partial charge in [-0.3, -0.25) is 13.8 Å². The second-order valence-corrected chi connectivity index (χ2v) is 9.92. The summed E-state index contributed by atoms with van der Waals surface area (Å²) in [7, 11) is -2.58. The lowest BCUT2D eigenvalue weighted by Crippen LogP contribution is -2.38. The van der Waals surface area contributed by atoms with Crippen LogP contribution in [0.25, 0.3) is 0 Å². The van der Waals surface area contributed by atoms with Gasteiger partial charge in [0.2, 0.25) is 5.96 Å². The van der Waals surface area contributed by atoms with Crippen molar-refractivity contribution in [2.45, 2.75) is 72.1 Å². The van der Waals surface area contributed by atoms with Gasteiger partial charge in [0.1, 0.15) is 6.54 Å². The maximum Gasteiger partial charge on any atom is 0.508 e. The van der Waals surface area contributed by atoms with Gasteiger partial charge < -0.3 is 34.3 Å². The Labute approximate surface area is 231 Å². The molecular weight excluding hydrogens is 537 g/mol. The Morgan fingerprint density at radius 1 is 0.692 bits per heavy atom. The predicted molar refractivity (Wildman–Crippen MR) is 143 cm³/mol. The number of hydrogen-bond acceptors (Lipinski definition) is 11. The van der Waals surface area contributed by atoms with E-state index in [4.69, 9.17) is 38.5 Å². The van der Waals surface area contributed by atoms with Crippen LogP contribution in [0.2, 0.25) is 0 Å². The highest BCUT2D eigenvalue weighted by Crippen LogP contribution is 2.50. The molecule has 0 aliphatic carbocycles. The molecule has 0 radical (unpaired) electrons. The summed E-state index contributed by atoms with van der Waals surface area (Å²) in [5.74, 6) is -0.765. The summed E-state index contributed by atoms with van der Waals surface area (Å²) in [6.45, 7) is 6.42. The van der Waals surface area contributed by atoms with Crippen molar-refractivity contribution in [3.05, 3.63) is 0 Å². The second-order valence-electron chi connectivity index (χ2n) is 8.27. The van der Waals surface area contributed by atoms with E-state index in [1.165, 1.54) is 11.9 Å². The van der Waals surface area contributed by atoms with Gasteiger partial charge in [-0.25, -0.2) is 14.2 Å². The molecule has 0 unspecified atom stereocenters. The number of nitrogens with two attached hydrogens (primary N) is 1. The minimum absolute atomic E-state index is 0.0173. The van der Waals surface area contributed by atoms with Crippen molar-refractivity contribution in [2.24, 2.45) is 10.5 Å². The van der Waals surface area contributed by atoms with Gasteiger partial charge in [0.05, 0.1) is 46.2 Å². The van der Waals surface area contributed by atoms with E-state index in [1.807, 2.05) is 13.8 Å². The first-order valence-corrected chi connectivity index (χ1v) is 14.9. The van der Waals surface area contributed by atoms with Crippen LogP contribution in [0.1, 0.15) is 72.1 Å². The topological polar surface area (TPSA) is 175 Å². The Kier molecular flexibility index (Phi) is 21.8. The molecule has 0 heterocycles. The molecule has 14 nitrogen and oxygen atoms in total. The summed E-state index contributed by atoms with van der Waals surface area (Å²) in [6, 6.07) is 0. The molecular formula is C24H46N3O11P. The van der Waals surface area contributed by atoms with Gasteiger partial charge in [0.25, 0.3) is 0 Å². The van der Waals surface area contributed by atoms with E-state index in [0.29, 0.717) is 38.9 Å². The van der Waals surface area contributed by atoms with Crippen molar-refractivity contribution in [1.82, 2.24) is 4.90 Å². The zero-order chi connectivity index (χ0) is 29.4. The molecule has 0 rings (SSSR count). The molecule has 0 aliphatic heterocycles. The second kappa shape index (κ2) is 23.3. The van der Waals surface area contributed by atoms with Crippen LogP contribution < -0.4 is 5.73 Å². The number of rotatable bonds is 22. The Morgan fingerprint density at radius 2 is 1.10 bits per heavy atom. The summed E-state index contributed by atoms with van der Waals surface area (Å²) in [6.07, 6.45) is 3.48. The minimum Gasteiger partial charge on any atom is -0.465 e. The minimum atomic E-state index is -4.06. The maximum atomic E-state index is 13.2. The summed E-state index contributed by atoms with van der Waals surface area (Å²) in [5.41, 5.74) is 5.91. The molecule has 0 fully saturated rings. The largest absolute Gasteiger partial charge is 0.508 e. The molecule has 0 saturated carbocycles. The number of likely N-dealkylation sites (N-methyl/N-ethyl adjacent to an activating group) is 1. The van der Waals surface area contributed by atoms with Crippen molar-refractivity contribution in [3.63, 3.8) is 0 Å². The quantitative estimate of drug-likeness (QED) is 0.0474. The van der Waals surface area contributed by atoms with E-state index in [2.05, 4.69) is 4.76 Å².